The Hall–Kier alpha value is -3.56. The van der Waals surface area contributed by atoms with Gasteiger partial charge in [0.05, 0.1) is 16.8 Å². The molecule has 1 heterocycles. The van der Waals surface area contributed by atoms with Crippen LogP contribution in [0.4, 0.5) is 26.3 Å². The van der Waals surface area contributed by atoms with Crippen molar-refractivity contribution in [3.63, 3.8) is 0 Å². The van der Waals surface area contributed by atoms with Crippen molar-refractivity contribution in [3.05, 3.63) is 82.9 Å². The highest BCUT2D eigenvalue weighted by Gasteiger charge is 2.30. The molecule has 1 aliphatic heterocycles. The molecule has 0 amide bonds. The van der Waals surface area contributed by atoms with Crippen LogP contribution in [0.5, 0.6) is 0 Å². The SMILES string of the molecule is CC1(C)CN=C(NN=C(C=Cc2ccc(C(F)(F)F)cc2)/C=C/c2ccc(C(F)(F)F)cc2)NC1. The second-order valence-electron chi connectivity index (χ2n) is 8.74. The standard InChI is InChI=1S/C25H24F6N4/c1-23(2)15-32-22(33-16-23)35-34-21(13-7-17-3-9-19(10-4-17)24(26,27)28)14-8-18-5-11-20(12-6-18)25(29,30)31/h3-14H,15-16H2,1-2H3,(H2,32,33,35)/b13-7+,14-8?,34-21?. The molecule has 0 aromatic heterocycles. The lowest BCUT2D eigenvalue weighted by molar-refractivity contribution is -0.138. The quantitative estimate of drug-likeness (QED) is 0.288. The predicted octanol–water partition coefficient (Wildman–Crippen LogP) is 6.38. The van der Waals surface area contributed by atoms with Crippen LogP contribution in [0.2, 0.25) is 0 Å². The van der Waals surface area contributed by atoms with E-state index in [1.165, 1.54) is 24.3 Å². The van der Waals surface area contributed by atoms with Gasteiger partial charge in [0.25, 0.3) is 0 Å². The van der Waals surface area contributed by atoms with Crippen molar-refractivity contribution in [2.75, 3.05) is 13.1 Å². The van der Waals surface area contributed by atoms with Crippen LogP contribution in [0.25, 0.3) is 12.2 Å². The number of alkyl halides is 6. The molecular formula is C25H24F6N4. The monoisotopic (exact) mass is 494 g/mol. The van der Waals surface area contributed by atoms with Crippen LogP contribution < -0.4 is 10.7 Å². The van der Waals surface area contributed by atoms with Crippen molar-refractivity contribution in [2.45, 2.75) is 26.2 Å². The number of hydrogen-bond donors (Lipinski definition) is 2. The van der Waals surface area contributed by atoms with E-state index < -0.39 is 23.5 Å². The Kier molecular flexibility index (Phi) is 7.72. The van der Waals surface area contributed by atoms with Crippen LogP contribution in [0.1, 0.15) is 36.1 Å². The van der Waals surface area contributed by atoms with Gasteiger partial charge in [0.2, 0.25) is 5.96 Å². The lowest BCUT2D eigenvalue weighted by Gasteiger charge is -2.28. The third kappa shape index (κ3) is 8.01. The van der Waals surface area contributed by atoms with E-state index in [0.29, 0.717) is 35.9 Å². The zero-order valence-electron chi connectivity index (χ0n) is 19.0. The first kappa shape index (κ1) is 26.1. The van der Waals surface area contributed by atoms with Gasteiger partial charge in [-0.2, -0.15) is 31.4 Å². The maximum absolute atomic E-state index is 12.8. The maximum atomic E-state index is 12.8. The summed E-state index contributed by atoms with van der Waals surface area (Å²) in [4.78, 5) is 4.38. The fourth-order valence-corrected chi connectivity index (χ4v) is 2.98. The molecule has 0 saturated carbocycles. The summed E-state index contributed by atoms with van der Waals surface area (Å²) in [5, 5.41) is 7.40. The average Bonchev–Trinajstić information content (AvgIpc) is 2.79. The minimum absolute atomic E-state index is 0.00266. The van der Waals surface area contributed by atoms with E-state index in [1.54, 1.807) is 24.3 Å². The summed E-state index contributed by atoms with van der Waals surface area (Å²) >= 11 is 0. The molecule has 1 aliphatic rings. The second kappa shape index (κ2) is 10.4. The first-order valence-electron chi connectivity index (χ1n) is 10.6. The highest BCUT2D eigenvalue weighted by Crippen LogP contribution is 2.30. The molecule has 0 atom stereocenters. The van der Waals surface area contributed by atoms with Gasteiger partial charge >= 0.3 is 12.4 Å². The zero-order chi connectivity index (χ0) is 25.7. The Morgan fingerprint density at radius 2 is 1.31 bits per heavy atom. The van der Waals surface area contributed by atoms with Crippen molar-refractivity contribution in [2.24, 2.45) is 15.5 Å². The van der Waals surface area contributed by atoms with E-state index in [9.17, 15) is 26.3 Å². The van der Waals surface area contributed by atoms with Gasteiger partial charge in [-0.15, -0.1) is 0 Å². The van der Waals surface area contributed by atoms with Crippen molar-refractivity contribution in [1.82, 2.24) is 10.7 Å². The predicted molar refractivity (Wildman–Crippen MR) is 126 cm³/mol. The van der Waals surface area contributed by atoms with E-state index in [0.717, 1.165) is 24.3 Å². The van der Waals surface area contributed by atoms with Crippen LogP contribution in [-0.4, -0.2) is 24.8 Å². The summed E-state index contributed by atoms with van der Waals surface area (Å²) in [7, 11) is 0. The molecule has 0 fully saturated rings. The number of nitrogens with one attached hydrogen (secondary N) is 2. The molecule has 3 rings (SSSR count). The molecule has 10 heteroatoms. The minimum Gasteiger partial charge on any atom is -0.354 e. The lowest BCUT2D eigenvalue weighted by atomic mass is 9.93. The minimum atomic E-state index is -4.43. The fourth-order valence-electron chi connectivity index (χ4n) is 2.98. The molecule has 2 aromatic rings. The number of hydrogen-bond acceptors (Lipinski definition) is 4. The van der Waals surface area contributed by atoms with Gasteiger partial charge in [-0.25, -0.2) is 5.43 Å². The third-order valence-electron chi connectivity index (χ3n) is 5.06. The number of nitrogens with zero attached hydrogens (tertiary/aromatic N) is 2. The third-order valence-corrected chi connectivity index (χ3v) is 5.06. The van der Waals surface area contributed by atoms with Gasteiger partial charge in [-0.1, -0.05) is 50.3 Å². The number of rotatable bonds is 5. The summed E-state index contributed by atoms with van der Waals surface area (Å²) in [6.45, 7) is 5.41. The molecule has 0 aliphatic carbocycles. The van der Waals surface area contributed by atoms with Crippen molar-refractivity contribution >= 4 is 23.8 Å². The first-order chi connectivity index (χ1) is 16.3. The normalized spacial score (nSPS) is 16.9. The van der Waals surface area contributed by atoms with E-state index >= 15 is 0 Å². The van der Waals surface area contributed by atoms with E-state index in [1.807, 2.05) is 0 Å². The first-order valence-corrected chi connectivity index (χ1v) is 10.6. The summed E-state index contributed by atoms with van der Waals surface area (Å²) in [6, 6.07) is 9.25. The van der Waals surface area contributed by atoms with Crippen LogP contribution in [0, 0.1) is 5.41 Å². The molecule has 35 heavy (non-hydrogen) atoms. The number of benzene rings is 2. The largest absolute Gasteiger partial charge is 0.416 e. The molecular weight excluding hydrogens is 470 g/mol. The van der Waals surface area contributed by atoms with Gasteiger partial charge in [-0.3, -0.25) is 4.99 Å². The highest BCUT2D eigenvalue weighted by atomic mass is 19.4. The molecule has 0 saturated heterocycles. The van der Waals surface area contributed by atoms with Crippen molar-refractivity contribution in [3.8, 4) is 0 Å². The number of halogens is 6. The van der Waals surface area contributed by atoms with E-state index in [4.69, 9.17) is 0 Å². The van der Waals surface area contributed by atoms with Crippen molar-refractivity contribution < 1.29 is 26.3 Å². The van der Waals surface area contributed by atoms with Crippen LogP contribution in [0.15, 0.2) is 70.8 Å². The molecule has 2 N–H and O–H groups in total. The maximum Gasteiger partial charge on any atom is 0.416 e. The molecule has 186 valence electrons. The van der Waals surface area contributed by atoms with Gasteiger partial charge in [-0.05, 0) is 47.5 Å². The Labute approximate surface area is 199 Å². The molecule has 0 bridgehead atoms. The van der Waals surface area contributed by atoms with Gasteiger partial charge in [0.1, 0.15) is 0 Å². The van der Waals surface area contributed by atoms with Gasteiger partial charge in [0, 0.05) is 18.5 Å². The Balaban J connectivity index is 1.80. The van der Waals surface area contributed by atoms with Crippen LogP contribution in [-0.2, 0) is 12.4 Å². The Bertz CT molecular complexity index is 1050. The fraction of sp³-hybridized carbons (Fsp3) is 0.280. The van der Waals surface area contributed by atoms with Crippen LogP contribution in [0.3, 0.4) is 0 Å². The summed E-state index contributed by atoms with van der Waals surface area (Å²) < 4.78 is 76.7. The number of allylic oxidation sites excluding steroid dienone is 2. The summed E-state index contributed by atoms with van der Waals surface area (Å²) in [6.07, 6.45) is -2.54. The second-order valence-corrected chi connectivity index (χ2v) is 8.74. The molecule has 0 radical (unpaired) electrons. The van der Waals surface area contributed by atoms with Gasteiger partial charge < -0.3 is 5.32 Å². The molecule has 0 unspecified atom stereocenters. The lowest BCUT2D eigenvalue weighted by Crippen LogP contribution is -2.46. The topological polar surface area (TPSA) is 48.8 Å². The van der Waals surface area contributed by atoms with Crippen molar-refractivity contribution in [1.29, 1.82) is 0 Å². The number of aliphatic imine (C=N–C) groups is 1. The zero-order valence-corrected chi connectivity index (χ0v) is 19.0. The highest BCUT2D eigenvalue weighted by molar-refractivity contribution is 6.09. The smallest absolute Gasteiger partial charge is 0.354 e. The van der Waals surface area contributed by atoms with E-state index in [2.05, 4.69) is 34.7 Å². The molecule has 0 spiro atoms. The number of hydrazone groups is 1. The molecule has 4 nitrogen and oxygen atoms in total. The van der Waals surface area contributed by atoms with Crippen LogP contribution >= 0.6 is 0 Å². The summed E-state index contributed by atoms with van der Waals surface area (Å²) in [5.41, 5.74) is 2.72. The average molecular weight is 494 g/mol. The number of guanidine groups is 1. The molecule has 2 aromatic carbocycles. The Morgan fingerprint density at radius 3 is 1.69 bits per heavy atom. The van der Waals surface area contributed by atoms with Gasteiger partial charge in [0.15, 0.2) is 0 Å². The summed E-state index contributed by atoms with van der Waals surface area (Å²) in [5.74, 6) is 0.465. The Morgan fingerprint density at radius 1 is 0.857 bits per heavy atom. The van der Waals surface area contributed by atoms with E-state index in [-0.39, 0.29) is 5.41 Å².